The molecule has 1 amide bonds. The Labute approximate surface area is 181 Å². The van der Waals surface area contributed by atoms with E-state index in [0.29, 0.717) is 0 Å². The molecule has 0 saturated carbocycles. The summed E-state index contributed by atoms with van der Waals surface area (Å²) in [5, 5.41) is 12.1. The van der Waals surface area contributed by atoms with Crippen LogP contribution in [0.1, 0.15) is 48.8 Å². The van der Waals surface area contributed by atoms with Gasteiger partial charge in [0, 0.05) is 12.1 Å². The number of benzene rings is 2. The minimum Gasteiger partial charge on any atom is -0.325 e. The quantitative estimate of drug-likeness (QED) is 0.613. The van der Waals surface area contributed by atoms with Crippen LogP contribution in [-0.2, 0) is 17.6 Å². The summed E-state index contributed by atoms with van der Waals surface area (Å²) in [4.78, 5) is 13.3. The number of anilines is 1. The standard InChI is InChI=1S/C23H27N5OS/c1-4-7-19-25-26-23-28(19)27-20(17-12-10-16(5-2)11-13-17)21(30-23)22(29)24-18-9-6-8-15(3)14-18/h6,8-14,20-21,27H,4-5,7H2,1-3H3,(H,24,29). The molecular formula is C23H27N5OS. The van der Waals surface area contributed by atoms with Crippen LogP contribution in [0.2, 0.25) is 0 Å². The average Bonchev–Trinajstić information content (AvgIpc) is 3.15. The third kappa shape index (κ3) is 4.21. The second-order valence-electron chi connectivity index (χ2n) is 7.58. The smallest absolute Gasteiger partial charge is 0.240 e. The molecule has 2 unspecified atom stereocenters. The molecule has 0 fully saturated rings. The number of hydrogen-bond donors (Lipinski definition) is 2. The van der Waals surface area contributed by atoms with E-state index in [0.717, 1.165) is 47.1 Å². The maximum atomic E-state index is 13.3. The van der Waals surface area contributed by atoms with Gasteiger partial charge in [-0.25, -0.2) is 4.68 Å². The molecule has 4 rings (SSSR count). The zero-order valence-electron chi connectivity index (χ0n) is 17.6. The SMILES string of the molecule is CCCc1nnc2n1NC(c1ccc(CC)cc1)C(C(=O)Nc1cccc(C)c1)S2. The van der Waals surface area contributed by atoms with E-state index in [9.17, 15) is 4.79 Å². The summed E-state index contributed by atoms with van der Waals surface area (Å²) in [5.41, 5.74) is 7.79. The number of nitrogens with zero attached hydrogens (tertiary/aromatic N) is 3. The van der Waals surface area contributed by atoms with Gasteiger partial charge in [-0.3, -0.25) is 4.79 Å². The summed E-state index contributed by atoms with van der Waals surface area (Å²) in [6.07, 6.45) is 2.81. The van der Waals surface area contributed by atoms with E-state index < -0.39 is 0 Å². The van der Waals surface area contributed by atoms with Gasteiger partial charge in [0.15, 0.2) is 5.82 Å². The maximum absolute atomic E-state index is 13.3. The second kappa shape index (κ2) is 8.92. The van der Waals surface area contributed by atoms with Gasteiger partial charge in [0.25, 0.3) is 0 Å². The molecular weight excluding hydrogens is 394 g/mol. The van der Waals surface area contributed by atoms with Crippen molar-refractivity contribution >= 4 is 23.4 Å². The van der Waals surface area contributed by atoms with Crippen molar-refractivity contribution in [2.75, 3.05) is 10.7 Å². The number of carbonyl (C=O) groups is 1. The molecule has 1 aliphatic rings. The minimum atomic E-state index is -0.371. The molecule has 0 spiro atoms. The Morgan fingerprint density at radius 2 is 1.97 bits per heavy atom. The number of aromatic nitrogens is 3. The van der Waals surface area contributed by atoms with Crippen LogP contribution in [0.3, 0.4) is 0 Å². The van der Waals surface area contributed by atoms with Crippen LogP contribution in [0.25, 0.3) is 0 Å². The van der Waals surface area contributed by atoms with Crippen molar-refractivity contribution in [2.24, 2.45) is 0 Å². The number of fused-ring (bicyclic) bond motifs is 1. The van der Waals surface area contributed by atoms with E-state index in [1.165, 1.54) is 17.3 Å². The lowest BCUT2D eigenvalue weighted by Crippen LogP contribution is -2.41. The Hall–Kier alpha value is -2.80. The van der Waals surface area contributed by atoms with E-state index in [1.54, 1.807) is 0 Å². The Morgan fingerprint density at radius 3 is 2.67 bits per heavy atom. The summed E-state index contributed by atoms with van der Waals surface area (Å²) in [6.45, 7) is 6.28. The number of nitrogens with one attached hydrogen (secondary N) is 2. The predicted molar refractivity (Wildman–Crippen MR) is 121 cm³/mol. The topological polar surface area (TPSA) is 71.8 Å². The van der Waals surface area contributed by atoms with Crippen LogP contribution in [0.15, 0.2) is 53.7 Å². The molecule has 7 heteroatoms. The first-order valence-electron chi connectivity index (χ1n) is 10.4. The number of thioether (sulfide) groups is 1. The number of amides is 1. The molecule has 0 saturated heterocycles. The van der Waals surface area contributed by atoms with Gasteiger partial charge in [0.1, 0.15) is 5.25 Å². The van der Waals surface area contributed by atoms with Gasteiger partial charge in [-0.2, -0.15) is 0 Å². The van der Waals surface area contributed by atoms with E-state index >= 15 is 0 Å². The Kier molecular flexibility index (Phi) is 6.08. The van der Waals surface area contributed by atoms with Crippen LogP contribution in [0.5, 0.6) is 0 Å². The van der Waals surface area contributed by atoms with Gasteiger partial charge < -0.3 is 10.7 Å². The molecule has 6 nitrogen and oxygen atoms in total. The van der Waals surface area contributed by atoms with E-state index in [2.05, 4.69) is 59.1 Å². The fourth-order valence-corrected chi connectivity index (χ4v) is 4.73. The fraction of sp³-hybridized carbons (Fsp3) is 0.348. The van der Waals surface area contributed by atoms with Crippen LogP contribution in [-0.4, -0.2) is 26.0 Å². The first kappa shape index (κ1) is 20.5. The highest BCUT2D eigenvalue weighted by Crippen LogP contribution is 2.37. The highest BCUT2D eigenvalue weighted by molar-refractivity contribution is 8.00. The van der Waals surface area contributed by atoms with Crippen LogP contribution >= 0.6 is 11.8 Å². The van der Waals surface area contributed by atoms with Crippen molar-refractivity contribution in [3.63, 3.8) is 0 Å². The van der Waals surface area contributed by atoms with Crippen molar-refractivity contribution in [1.82, 2.24) is 14.9 Å². The molecule has 1 aliphatic heterocycles. The maximum Gasteiger partial charge on any atom is 0.240 e. The molecule has 2 N–H and O–H groups in total. The molecule has 3 aromatic rings. The van der Waals surface area contributed by atoms with Crippen molar-refractivity contribution in [3.05, 3.63) is 71.0 Å². The van der Waals surface area contributed by atoms with Gasteiger partial charge >= 0.3 is 0 Å². The fourth-order valence-electron chi connectivity index (χ4n) is 3.63. The van der Waals surface area contributed by atoms with Crippen LogP contribution in [0, 0.1) is 6.92 Å². The van der Waals surface area contributed by atoms with Crippen LogP contribution < -0.4 is 10.7 Å². The second-order valence-corrected chi connectivity index (χ2v) is 8.69. The van der Waals surface area contributed by atoms with E-state index in [1.807, 2.05) is 35.9 Å². The molecule has 0 bridgehead atoms. The van der Waals surface area contributed by atoms with Gasteiger partial charge in [0.05, 0.1) is 6.04 Å². The van der Waals surface area contributed by atoms with Crippen molar-refractivity contribution in [1.29, 1.82) is 0 Å². The summed E-state index contributed by atoms with van der Waals surface area (Å²) in [6, 6.07) is 16.2. The predicted octanol–water partition coefficient (Wildman–Crippen LogP) is 4.50. The lowest BCUT2D eigenvalue weighted by atomic mass is 10.0. The van der Waals surface area contributed by atoms with Crippen LogP contribution in [0.4, 0.5) is 5.69 Å². The van der Waals surface area contributed by atoms with Gasteiger partial charge in [-0.1, -0.05) is 62.0 Å². The zero-order valence-corrected chi connectivity index (χ0v) is 18.4. The van der Waals surface area contributed by atoms with Crippen molar-refractivity contribution in [3.8, 4) is 0 Å². The summed E-state index contributed by atoms with van der Waals surface area (Å²) in [7, 11) is 0. The molecule has 2 heterocycles. The molecule has 30 heavy (non-hydrogen) atoms. The van der Waals surface area contributed by atoms with Crippen molar-refractivity contribution < 1.29 is 4.79 Å². The average molecular weight is 422 g/mol. The monoisotopic (exact) mass is 421 g/mol. The summed E-state index contributed by atoms with van der Waals surface area (Å²) >= 11 is 1.46. The number of hydrogen-bond acceptors (Lipinski definition) is 5. The lowest BCUT2D eigenvalue weighted by Gasteiger charge is -2.33. The van der Waals surface area contributed by atoms with E-state index in [-0.39, 0.29) is 17.2 Å². The van der Waals surface area contributed by atoms with Crippen molar-refractivity contribution in [2.45, 2.75) is 56.5 Å². The first-order chi connectivity index (χ1) is 14.6. The highest BCUT2D eigenvalue weighted by atomic mass is 32.2. The first-order valence-corrected chi connectivity index (χ1v) is 11.3. The molecule has 0 aliphatic carbocycles. The summed E-state index contributed by atoms with van der Waals surface area (Å²) in [5.74, 6) is 0.849. The largest absolute Gasteiger partial charge is 0.325 e. The third-order valence-corrected chi connectivity index (χ3v) is 6.48. The molecule has 2 atom stereocenters. The highest BCUT2D eigenvalue weighted by Gasteiger charge is 2.37. The Morgan fingerprint density at radius 1 is 1.17 bits per heavy atom. The molecule has 2 aromatic carbocycles. The van der Waals surface area contributed by atoms with Gasteiger partial charge in [0.2, 0.25) is 11.1 Å². The minimum absolute atomic E-state index is 0.0473. The van der Waals surface area contributed by atoms with E-state index in [4.69, 9.17) is 0 Å². The summed E-state index contributed by atoms with van der Waals surface area (Å²) < 4.78 is 1.95. The number of aryl methyl sites for hydroxylation is 3. The third-order valence-electron chi connectivity index (χ3n) is 5.27. The molecule has 156 valence electrons. The number of rotatable bonds is 6. The molecule has 0 radical (unpaired) electrons. The lowest BCUT2D eigenvalue weighted by molar-refractivity contribution is -0.116. The number of carbonyl (C=O) groups excluding carboxylic acids is 1. The Bertz CT molecular complexity index is 1030. The van der Waals surface area contributed by atoms with Gasteiger partial charge in [-0.15, -0.1) is 10.2 Å². The van der Waals surface area contributed by atoms with Gasteiger partial charge in [-0.05, 0) is 48.6 Å². The normalized spacial score (nSPS) is 17.8. The zero-order chi connectivity index (χ0) is 21.1. The molecule has 1 aromatic heterocycles. The Balaban J connectivity index is 1.66.